The number of allylic oxidation sites excluding steroid dienone is 1. The van der Waals surface area contributed by atoms with Crippen LogP contribution in [0, 0.1) is 51.2 Å². The molecule has 34 nitrogen and oxygen atoms in total. The number of ether oxygens (including phenoxy) is 13. The van der Waals surface area contributed by atoms with Crippen LogP contribution >= 0.6 is 0 Å². The van der Waals surface area contributed by atoms with Gasteiger partial charge in [-0.25, -0.2) is 0 Å². The van der Waals surface area contributed by atoms with Gasteiger partial charge in [0.1, 0.15) is 104 Å². The third-order valence-electron chi connectivity index (χ3n) is 26.8. The Morgan fingerprint density at radius 1 is 0.491 bits per heavy atom. The Morgan fingerprint density at radius 3 is 1.50 bits per heavy atom. The zero-order chi connectivity index (χ0) is 77.4. The monoisotopic (exact) mass is 1530 g/mol. The second kappa shape index (κ2) is 34.1. The van der Waals surface area contributed by atoms with Crippen LogP contribution < -0.4 is 0 Å². The second-order valence-electron chi connectivity index (χ2n) is 34.1. The molecule has 7 saturated heterocycles. The predicted molar refractivity (Wildman–Crippen MR) is 359 cm³/mol. The molecule has 0 radical (unpaired) electrons. The summed E-state index contributed by atoms with van der Waals surface area (Å²) in [7, 11) is 0. The highest BCUT2D eigenvalue weighted by Crippen LogP contribution is 2.75. The normalized spacial score (nSPS) is 51.3. The van der Waals surface area contributed by atoms with Gasteiger partial charge >= 0.3 is 0 Å². The van der Waals surface area contributed by atoms with Crippen molar-refractivity contribution in [2.45, 2.75) is 341 Å². The fourth-order valence-corrected chi connectivity index (χ4v) is 20.3. The van der Waals surface area contributed by atoms with Crippen molar-refractivity contribution in [3.8, 4) is 0 Å². The topological polar surface area (TPSA) is 545 Å². The van der Waals surface area contributed by atoms with Crippen LogP contribution in [0.4, 0.5) is 0 Å². The van der Waals surface area contributed by atoms with Gasteiger partial charge in [0.2, 0.25) is 0 Å². The first-order valence-electron chi connectivity index (χ1n) is 38.0. The van der Waals surface area contributed by atoms with E-state index in [1.807, 2.05) is 13.8 Å². The molecule has 0 aromatic heterocycles. The van der Waals surface area contributed by atoms with Crippen LogP contribution in [0.2, 0.25) is 0 Å². The van der Waals surface area contributed by atoms with Crippen molar-refractivity contribution < 1.29 is 169 Å². The van der Waals surface area contributed by atoms with E-state index in [1.165, 1.54) is 0 Å². The minimum absolute atomic E-state index is 0.0152. The predicted octanol–water partition coefficient (Wildman–Crippen LogP) is -5.37. The van der Waals surface area contributed by atoms with E-state index in [9.17, 15) is 107 Å². The summed E-state index contributed by atoms with van der Waals surface area (Å²) in [6.07, 6.45) is -41.6. The van der Waals surface area contributed by atoms with E-state index in [1.54, 1.807) is 13.8 Å². The maximum Gasteiger partial charge on any atom is 0.187 e. The van der Waals surface area contributed by atoms with E-state index in [0.717, 1.165) is 18.4 Å². The van der Waals surface area contributed by atoms with Crippen LogP contribution in [-0.4, -0.2) is 362 Å². The molecule has 3 saturated carbocycles. The van der Waals surface area contributed by atoms with Gasteiger partial charge in [-0.3, -0.25) is 0 Å². The fraction of sp³-hybridized carbons (Fsp3) is 0.972. The Bertz CT molecular complexity index is 2840. The summed E-state index contributed by atoms with van der Waals surface area (Å²) in [5, 5.41) is 230. The minimum atomic E-state index is -1.96. The highest BCUT2D eigenvalue weighted by molar-refractivity contribution is 5.32. The van der Waals surface area contributed by atoms with E-state index in [-0.39, 0.29) is 61.2 Å². The van der Waals surface area contributed by atoms with Gasteiger partial charge in [0.05, 0.1) is 113 Å². The molecule has 0 spiro atoms. The van der Waals surface area contributed by atoms with Gasteiger partial charge < -0.3 is 169 Å². The maximum absolute atomic E-state index is 13.0. The van der Waals surface area contributed by atoms with E-state index in [2.05, 4.69) is 33.8 Å². The van der Waals surface area contributed by atoms with Crippen molar-refractivity contribution in [2.24, 2.45) is 51.2 Å². The number of aliphatic hydroxyl groups excluding tert-OH is 20. The van der Waals surface area contributed by atoms with Crippen LogP contribution in [0.5, 0.6) is 0 Å². The lowest BCUT2D eigenvalue weighted by atomic mass is 9.38. The summed E-state index contributed by atoms with van der Waals surface area (Å²) in [5.74, 6) is -1.33. The maximum atomic E-state index is 13.0. The molecule has 0 aromatic rings. The van der Waals surface area contributed by atoms with Crippen LogP contribution in [-0.2, 0) is 61.6 Å². The van der Waals surface area contributed by atoms with Crippen LogP contribution in [0.15, 0.2) is 11.6 Å². The van der Waals surface area contributed by atoms with Crippen molar-refractivity contribution >= 4 is 0 Å². The Balaban J connectivity index is 0.795. The van der Waals surface area contributed by atoms with E-state index in [0.29, 0.717) is 32.1 Å². The molecule has 21 N–H and O–H groups in total. The van der Waals surface area contributed by atoms with Gasteiger partial charge in [-0.15, -0.1) is 0 Å². The van der Waals surface area contributed by atoms with Gasteiger partial charge in [-0.05, 0) is 99.7 Å². The average Bonchev–Trinajstić information content (AvgIpc) is 1.45. The molecule has 11 aliphatic rings. The quantitative estimate of drug-likeness (QED) is 0.0380. The van der Waals surface area contributed by atoms with Crippen LogP contribution in [0.1, 0.15) is 132 Å². The minimum Gasteiger partial charge on any atom is -0.394 e. The van der Waals surface area contributed by atoms with Crippen molar-refractivity contribution in [1.29, 1.82) is 0 Å². The number of aliphatic hydroxyl groups is 21. The molecule has 7 aliphatic heterocycles. The summed E-state index contributed by atoms with van der Waals surface area (Å²) in [5.41, 5.74) is -2.57. The zero-order valence-electron chi connectivity index (χ0n) is 61.7. The molecule has 11 rings (SSSR count). The Labute approximate surface area is 616 Å². The Morgan fingerprint density at radius 2 is 0.972 bits per heavy atom. The number of hydrogen-bond donors (Lipinski definition) is 21. The molecule has 0 aromatic carbocycles. The van der Waals surface area contributed by atoms with Crippen molar-refractivity contribution in [1.82, 2.24) is 0 Å². The molecule has 4 aliphatic carbocycles. The fourth-order valence-electron chi connectivity index (χ4n) is 20.3. The van der Waals surface area contributed by atoms with Crippen molar-refractivity contribution in [2.75, 3.05) is 46.2 Å². The van der Waals surface area contributed by atoms with Crippen molar-refractivity contribution in [3.05, 3.63) is 11.6 Å². The second-order valence-corrected chi connectivity index (χ2v) is 34.1. The van der Waals surface area contributed by atoms with Crippen LogP contribution in [0.25, 0.3) is 0 Å². The van der Waals surface area contributed by atoms with Gasteiger partial charge in [0.15, 0.2) is 37.7 Å². The largest absolute Gasteiger partial charge is 0.394 e. The first-order chi connectivity index (χ1) is 49.9. The molecule has 4 unspecified atom stereocenters. The first kappa shape index (κ1) is 85.3. The third kappa shape index (κ3) is 16.5. The summed E-state index contributed by atoms with van der Waals surface area (Å²) in [6.45, 7) is 11.9. The molecule has 34 heteroatoms. The van der Waals surface area contributed by atoms with E-state index >= 15 is 0 Å². The molecule has 10 fully saturated rings. The van der Waals surface area contributed by atoms with Crippen molar-refractivity contribution in [3.63, 3.8) is 0 Å². The molecule has 41 atom stereocenters. The summed E-state index contributed by atoms with van der Waals surface area (Å²) in [4.78, 5) is 0. The summed E-state index contributed by atoms with van der Waals surface area (Å²) < 4.78 is 79.9. The molecule has 0 amide bonds. The zero-order valence-corrected chi connectivity index (χ0v) is 61.7. The number of rotatable bonds is 25. The smallest absolute Gasteiger partial charge is 0.187 e. The molecule has 0 bridgehead atoms. The Kier molecular flexibility index (Phi) is 27.4. The average molecular weight is 1530 g/mol. The lowest BCUT2D eigenvalue weighted by Gasteiger charge is -2.67. The lowest BCUT2D eigenvalue weighted by molar-refractivity contribution is -0.370. The van der Waals surface area contributed by atoms with Gasteiger partial charge in [0.25, 0.3) is 0 Å². The van der Waals surface area contributed by atoms with Gasteiger partial charge in [-0.1, -0.05) is 53.2 Å². The molecule has 7 heterocycles. The molecular weight excluding hydrogens is 1410 g/mol. The third-order valence-corrected chi connectivity index (χ3v) is 26.8. The highest BCUT2D eigenvalue weighted by atomic mass is 16.8. The number of hydrogen-bond acceptors (Lipinski definition) is 34. The Hall–Kier alpha value is -1.62. The highest BCUT2D eigenvalue weighted by Gasteiger charge is 2.71. The summed E-state index contributed by atoms with van der Waals surface area (Å²) >= 11 is 0. The molecule has 106 heavy (non-hydrogen) atoms. The van der Waals surface area contributed by atoms with E-state index < -0.39 is 277 Å². The SMILES string of the molecule is C[C@H](CC[C@@H](O[C@@H]1O[C@H](CO[C@H]2O[C@H](CO[C@H]3O[C@H](CO)[C@@H](O)[C@H](O)[C@H]3O)[C@@H](O)[C@H](O)[C@H]2O)[C@@H](C2C[C@@H](O)C[C@@H](CO)O2)[C@H](O)[C@H]1O[C@H]1C[C@@H](O)C[C@@H](CO)O1)C(C)(C)O)C1CC[C@@]2(C)C3CC=C4C(CC[C@H](O[C@@H]5O[C@H](CO[C@H]6O[C@H](CO)[C@@H](O)[C@H](O)[C@H]6O)[C@@H](O)[C@H](O)[C@H]5O)C4(C)C)[C@]3(C)[C@H](O)C[C@]12C. The summed E-state index contributed by atoms with van der Waals surface area (Å²) in [6, 6.07) is 0. The van der Waals surface area contributed by atoms with E-state index in [4.69, 9.17) is 61.6 Å². The van der Waals surface area contributed by atoms with Crippen LogP contribution in [0.3, 0.4) is 0 Å². The first-order valence-corrected chi connectivity index (χ1v) is 38.0. The molecule has 614 valence electrons. The standard InChI is InChI=1S/C72H122O34/c1-29(34-15-16-70(6)43-12-10-35-36(72(43,8)44(79)21-71(34,70)7)11-14-45(68(35,2)3)104-66-61(92)57(88)52(83)42(103-66)28-96-64-59(90)55(86)50(81)39(25-76)100-64)9-13-46(69(4,5)93)105-67-62(106-47-20-31(78)18-33(23-74)98-47)53(84)48(37-19-30(77)17-32(22-73)97-37)40(101-67)26-94-65-60(91)56(87)51(82)41(102-65)27-95-63-58(89)54(85)49(80)38(24-75)99-63/h10,29-34,36-67,73-93H,9,11-28H2,1-8H3/t29-,30+,31+,32+,33+,34?,36?,37?,38-,39-,40-,41-,42-,43?,44-,45+,46-,47+,48-,49-,50-,51-,52-,53+,54+,55+,56+,57+,58-,59-,60-,61-,62-,63+,64+,65+,66+,67+,70+,71-,72+/m1/s1. The van der Waals surface area contributed by atoms with Gasteiger partial charge in [0, 0.05) is 42.4 Å². The number of fused-ring (bicyclic) bond motifs is 5. The lowest BCUT2D eigenvalue weighted by Crippen LogP contribution is -2.65. The molecular formula is C72H122O34. The van der Waals surface area contributed by atoms with Gasteiger partial charge in [-0.2, -0.15) is 0 Å².